The minimum Gasteiger partial charge on any atom is -0.381 e. The van der Waals surface area contributed by atoms with Gasteiger partial charge in [-0.2, -0.15) is 0 Å². The van der Waals surface area contributed by atoms with Crippen molar-refractivity contribution >= 4 is 0 Å². The predicted molar refractivity (Wildman–Crippen MR) is 40.7 cm³/mol. The molecular formula is C9H14O. The molecule has 0 saturated carbocycles. The summed E-state index contributed by atoms with van der Waals surface area (Å²) in [6, 6.07) is 0. The van der Waals surface area contributed by atoms with Gasteiger partial charge in [0.2, 0.25) is 0 Å². The highest BCUT2D eigenvalue weighted by Crippen LogP contribution is 2.32. The van der Waals surface area contributed by atoms with Gasteiger partial charge in [-0.15, -0.1) is 0 Å². The Kier molecular flexibility index (Phi) is 1.53. The van der Waals surface area contributed by atoms with E-state index in [-0.39, 0.29) is 0 Å². The lowest BCUT2D eigenvalue weighted by Gasteiger charge is -2.21. The third kappa shape index (κ3) is 0.988. The van der Waals surface area contributed by atoms with Crippen LogP contribution in [0, 0.1) is 17.8 Å². The minimum atomic E-state index is 0.746. The fraction of sp³-hybridized carbons (Fsp3) is 0.778. The Morgan fingerprint density at radius 3 is 3.10 bits per heavy atom. The first-order chi connectivity index (χ1) is 4.86. The average Bonchev–Trinajstić information content (AvgIpc) is 2.33. The summed E-state index contributed by atoms with van der Waals surface area (Å²) in [4.78, 5) is 0. The van der Waals surface area contributed by atoms with Crippen molar-refractivity contribution in [1.82, 2.24) is 0 Å². The van der Waals surface area contributed by atoms with Crippen LogP contribution < -0.4 is 0 Å². The third-order valence-corrected chi connectivity index (χ3v) is 2.61. The molecule has 3 atom stereocenters. The van der Waals surface area contributed by atoms with Crippen molar-refractivity contribution in [3.05, 3.63) is 12.2 Å². The number of ether oxygens (including phenoxy) is 1. The zero-order valence-electron chi connectivity index (χ0n) is 6.42. The zero-order valence-corrected chi connectivity index (χ0v) is 6.42. The number of fused-ring (bicyclic) bond motifs is 1. The van der Waals surface area contributed by atoms with Gasteiger partial charge in [-0.25, -0.2) is 0 Å². The highest BCUT2D eigenvalue weighted by Gasteiger charge is 2.29. The van der Waals surface area contributed by atoms with E-state index in [2.05, 4.69) is 19.1 Å². The normalized spacial score (nSPS) is 45.5. The van der Waals surface area contributed by atoms with E-state index in [1.807, 2.05) is 0 Å². The van der Waals surface area contributed by atoms with Crippen molar-refractivity contribution in [2.75, 3.05) is 13.2 Å². The van der Waals surface area contributed by atoms with E-state index in [0.29, 0.717) is 0 Å². The molecule has 1 fully saturated rings. The van der Waals surface area contributed by atoms with Crippen LogP contribution in [0.4, 0.5) is 0 Å². The van der Waals surface area contributed by atoms with Crippen LogP contribution in [0.3, 0.4) is 0 Å². The highest BCUT2D eigenvalue weighted by atomic mass is 16.5. The molecular weight excluding hydrogens is 124 g/mol. The zero-order chi connectivity index (χ0) is 6.97. The third-order valence-electron chi connectivity index (χ3n) is 2.61. The van der Waals surface area contributed by atoms with Crippen molar-refractivity contribution in [2.24, 2.45) is 17.8 Å². The van der Waals surface area contributed by atoms with Gasteiger partial charge in [0, 0.05) is 5.92 Å². The van der Waals surface area contributed by atoms with Gasteiger partial charge in [-0.3, -0.25) is 0 Å². The van der Waals surface area contributed by atoms with Crippen LogP contribution in [0.25, 0.3) is 0 Å². The summed E-state index contributed by atoms with van der Waals surface area (Å²) in [5.41, 5.74) is 0. The molecule has 1 aliphatic carbocycles. The van der Waals surface area contributed by atoms with Gasteiger partial charge in [0.05, 0.1) is 13.2 Å². The lowest BCUT2D eigenvalue weighted by molar-refractivity contribution is 0.181. The molecule has 1 heterocycles. The SMILES string of the molecule is CC1C=CC2COCC2C1. The van der Waals surface area contributed by atoms with Gasteiger partial charge in [0.15, 0.2) is 0 Å². The van der Waals surface area contributed by atoms with E-state index < -0.39 is 0 Å². The fourth-order valence-corrected chi connectivity index (χ4v) is 1.96. The monoisotopic (exact) mass is 138 g/mol. The largest absolute Gasteiger partial charge is 0.381 e. The van der Waals surface area contributed by atoms with Crippen LogP contribution in [0.1, 0.15) is 13.3 Å². The minimum absolute atomic E-state index is 0.746. The van der Waals surface area contributed by atoms with Gasteiger partial charge in [0.25, 0.3) is 0 Å². The standard InChI is InChI=1S/C9H14O/c1-7-2-3-8-5-10-6-9(8)4-7/h2-3,7-9H,4-6H2,1H3. The van der Waals surface area contributed by atoms with Crippen LogP contribution in [-0.4, -0.2) is 13.2 Å². The molecule has 0 spiro atoms. The quantitative estimate of drug-likeness (QED) is 0.464. The maximum absolute atomic E-state index is 5.39. The molecule has 1 heteroatoms. The van der Waals surface area contributed by atoms with Gasteiger partial charge in [-0.05, 0) is 18.3 Å². The van der Waals surface area contributed by atoms with Gasteiger partial charge in [-0.1, -0.05) is 19.1 Å². The molecule has 0 amide bonds. The van der Waals surface area contributed by atoms with Crippen molar-refractivity contribution in [2.45, 2.75) is 13.3 Å². The number of hydrogen-bond donors (Lipinski definition) is 0. The smallest absolute Gasteiger partial charge is 0.0532 e. The van der Waals surface area contributed by atoms with Gasteiger partial charge >= 0.3 is 0 Å². The molecule has 1 aliphatic heterocycles. The number of rotatable bonds is 0. The maximum Gasteiger partial charge on any atom is 0.0532 e. The molecule has 3 unspecified atom stereocenters. The predicted octanol–water partition coefficient (Wildman–Crippen LogP) is 1.84. The molecule has 0 aromatic carbocycles. The fourth-order valence-electron chi connectivity index (χ4n) is 1.96. The first kappa shape index (κ1) is 6.41. The second-order valence-electron chi connectivity index (χ2n) is 3.56. The van der Waals surface area contributed by atoms with E-state index in [0.717, 1.165) is 31.0 Å². The Hall–Kier alpha value is -0.300. The summed E-state index contributed by atoms with van der Waals surface area (Å²) in [5.74, 6) is 2.36. The first-order valence-electron chi connectivity index (χ1n) is 4.12. The summed E-state index contributed by atoms with van der Waals surface area (Å²) in [5, 5.41) is 0. The molecule has 10 heavy (non-hydrogen) atoms. The van der Waals surface area contributed by atoms with Gasteiger partial charge < -0.3 is 4.74 Å². The Labute approximate surface area is 62.1 Å². The molecule has 1 nitrogen and oxygen atoms in total. The maximum atomic E-state index is 5.39. The lowest BCUT2D eigenvalue weighted by atomic mass is 9.82. The van der Waals surface area contributed by atoms with Crippen LogP contribution in [-0.2, 0) is 4.74 Å². The van der Waals surface area contributed by atoms with E-state index in [1.54, 1.807) is 0 Å². The number of hydrogen-bond acceptors (Lipinski definition) is 1. The molecule has 1 saturated heterocycles. The van der Waals surface area contributed by atoms with Crippen LogP contribution in [0.5, 0.6) is 0 Å². The van der Waals surface area contributed by atoms with Gasteiger partial charge in [0.1, 0.15) is 0 Å². The van der Waals surface area contributed by atoms with E-state index in [4.69, 9.17) is 4.74 Å². The van der Waals surface area contributed by atoms with Crippen molar-refractivity contribution in [3.63, 3.8) is 0 Å². The van der Waals surface area contributed by atoms with Crippen LogP contribution in [0.15, 0.2) is 12.2 Å². The molecule has 2 aliphatic rings. The van der Waals surface area contributed by atoms with Crippen molar-refractivity contribution < 1.29 is 4.74 Å². The topological polar surface area (TPSA) is 9.23 Å². The van der Waals surface area contributed by atoms with E-state index in [1.165, 1.54) is 6.42 Å². The van der Waals surface area contributed by atoms with Crippen LogP contribution >= 0.6 is 0 Å². The molecule has 0 aromatic rings. The molecule has 0 radical (unpaired) electrons. The molecule has 56 valence electrons. The summed E-state index contributed by atoms with van der Waals surface area (Å²) in [6.45, 7) is 4.25. The molecule has 0 aromatic heterocycles. The summed E-state index contributed by atoms with van der Waals surface area (Å²) in [7, 11) is 0. The Bertz CT molecular complexity index is 151. The van der Waals surface area contributed by atoms with Crippen LogP contribution in [0.2, 0.25) is 0 Å². The second kappa shape index (κ2) is 2.39. The molecule has 0 N–H and O–H groups in total. The van der Waals surface area contributed by atoms with Crippen molar-refractivity contribution in [1.29, 1.82) is 0 Å². The molecule has 2 rings (SSSR count). The molecule has 0 bridgehead atoms. The Morgan fingerprint density at radius 2 is 2.20 bits per heavy atom. The Morgan fingerprint density at radius 1 is 1.30 bits per heavy atom. The van der Waals surface area contributed by atoms with E-state index in [9.17, 15) is 0 Å². The summed E-state index contributed by atoms with van der Waals surface area (Å²) < 4.78 is 5.39. The second-order valence-corrected chi connectivity index (χ2v) is 3.56. The Balaban J connectivity index is 2.09. The summed E-state index contributed by atoms with van der Waals surface area (Å²) >= 11 is 0. The van der Waals surface area contributed by atoms with E-state index >= 15 is 0 Å². The lowest BCUT2D eigenvalue weighted by Crippen LogP contribution is -2.17. The number of allylic oxidation sites excluding steroid dienone is 1. The highest BCUT2D eigenvalue weighted by molar-refractivity contribution is 5.01. The van der Waals surface area contributed by atoms with Crippen molar-refractivity contribution in [3.8, 4) is 0 Å². The first-order valence-corrected chi connectivity index (χ1v) is 4.12. The summed E-state index contributed by atoms with van der Waals surface area (Å²) in [6.07, 6.45) is 6.00. The average molecular weight is 138 g/mol.